The maximum absolute atomic E-state index is 6.16. The molecule has 0 aliphatic heterocycles. The van der Waals surface area contributed by atoms with E-state index in [9.17, 15) is 0 Å². The normalized spacial score (nSPS) is 12.8. The minimum Gasteiger partial charge on any atom is -0.271 e. The first-order valence-electron chi connectivity index (χ1n) is 5.15. The predicted molar refractivity (Wildman–Crippen MR) is 77.0 cm³/mol. The summed E-state index contributed by atoms with van der Waals surface area (Å²) in [7, 11) is 0. The average molecular weight is 324 g/mol. The monoisotopic (exact) mass is 322 g/mol. The quantitative estimate of drug-likeness (QED) is 0.623. The van der Waals surface area contributed by atoms with Crippen molar-refractivity contribution in [3.63, 3.8) is 0 Å². The van der Waals surface area contributed by atoms with Crippen molar-refractivity contribution in [2.24, 2.45) is 5.84 Å². The van der Waals surface area contributed by atoms with Gasteiger partial charge in [0, 0.05) is 21.3 Å². The zero-order chi connectivity index (χ0) is 12.0. The molecule has 0 aliphatic rings. The molecule has 1 rings (SSSR count). The second-order valence-electron chi connectivity index (χ2n) is 3.46. The minimum absolute atomic E-state index is 0.267. The summed E-state index contributed by atoms with van der Waals surface area (Å²) in [6.45, 7) is 2.14. The third kappa shape index (κ3) is 4.63. The van der Waals surface area contributed by atoms with Crippen LogP contribution in [0.1, 0.15) is 12.5 Å². The van der Waals surface area contributed by atoms with E-state index in [1.807, 2.05) is 30.0 Å². The Hall–Kier alpha value is 0.260. The first kappa shape index (κ1) is 14.3. The topological polar surface area (TPSA) is 38.0 Å². The lowest BCUT2D eigenvalue weighted by Gasteiger charge is -2.16. The highest BCUT2D eigenvalue weighted by Gasteiger charge is 2.10. The van der Waals surface area contributed by atoms with Gasteiger partial charge in [0.15, 0.2) is 0 Å². The molecule has 90 valence electrons. The molecule has 1 atom stereocenters. The first-order valence-corrected chi connectivity index (χ1v) is 7.47. The fourth-order valence-corrected chi connectivity index (χ4v) is 2.86. The molecule has 1 aromatic rings. The fraction of sp³-hybridized carbons (Fsp3) is 0.455. The summed E-state index contributed by atoms with van der Waals surface area (Å²) in [5.41, 5.74) is 3.97. The number of benzene rings is 1. The van der Waals surface area contributed by atoms with Gasteiger partial charge >= 0.3 is 0 Å². The van der Waals surface area contributed by atoms with E-state index in [2.05, 4.69) is 28.3 Å². The molecule has 0 bridgehead atoms. The summed E-state index contributed by atoms with van der Waals surface area (Å²) >= 11 is 11.4. The van der Waals surface area contributed by atoms with Gasteiger partial charge in [0.05, 0.1) is 0 Å². The van der Waals surface area contributed by atoms with Gasteiger partial charge in [-0.05, 0) is 29.9 Å². The third-order valence-corrected chi connectivity index (χ3v) is 4.13. The molecule has 1 unspecified atom stereocenters. The number of nitrogens with two attached hydrogens (primary N) is 1. The largest absolute Gasteiger partial charge is 0.271 e. The molecule has 1 aromatic carbocycles. The van der Waals surface area contributed by atoms with E-state index in [0.717, 1.165) is 33.0 Å². The molecule has 2 nitrogen and oxygen atoms in total. The second-order valence-corrected chi connectivity index (χ2v) is 6.10. The zero-order valence-corrected chi connectivity index (χ0v) is 12.3. The third-order valence-electron chi connectivity index (χ3n) is 2.24. The highest BCUT2D eigenvalue weighted by atomic mass is 79.9. The van der Waals surface area contributed by atoms with Crippen LogP contribution < -0.4 is 11.3 Å². The van der Waals surface area contributed by atoms with Gasteiger partial charge < -0.3 is 0 Å². The van der Waals surface area contributed by atoms with Crippen molar-refractivity contribution in [2.45, 2.75) is 19.4 Å². The standard InChI is InChI=1S/C11H16BrClN2S/c1-2-16-7-10(15-14)5-8-3-4-9(12)6-11(8)13/h3-4,6,10,15H,2,5,7,14H2,1H3. The van der Waals surface area contributed by atoms with E-state index in [1.165, 1.54) is 0 Å². The summed E-state index contributed by atoms with van der Waals surface area (Å²) in [6, 6.07) is 6.22. The van der Waals surface area contributed by atoms with Gasteiger partial charge in [-0.15, -0.1) is 0 Å². The fourth-order valence-electron chi connectivity index (χ4n) is 1.38. The van der Waals surface area contributed by atoms with Crippen LogP contribution in [0.2, 0.25) is 5.02 Å². The van der Waals surface area contributed by atoms with Crippen molar-refractivity contribution in [1.82, 2.24) is 5.43 Å². The molecule has 0 saturated heterocycles. The molecule has 0 radical (unpaired) electrons. The molecule has 0 aromatic heterocycles. The van der Waals surface area contributed by atoms with Crippen LogP contribution in [0.25, 0.3) is 0 Å². The molecule has 0 heterocycles. The molecule has 16 heavy (non-hydrogen) atoms. The number of halogens is 2. The molecule has 0 amide bonds. The van der Waals surface area contributed by atoms with Crippen molar-refractivity contribution in [3.05, 3.63) is 33.3 Å². The van der Waals surface area contributed by atoms with Crippen LogP contribution >= 0.6 is 39.3 Å². The molecule has 0 saturated carbocycles. The number of nitrogens with one attached hydrogen (secondary N) is 1. The van der Waals surface area contributed by atoms with Gasteiger partial charge in [0.25, 0.3) is 0 Å². The average Bonchev–Trinajstić information content (AvgIpc) is 2.27. The van der Waals surface area contributed by atoms with E-state index < -0.39 is 0 Å². The molecule has 0 fully saturated rings. The van der Waals surface area contributed by atoms with E-state index >= 15 is 0 Å². The summed E-state index contributed by atoms with van der Waals surface area (Å²) in [5.74, 6) is 7.63. The van der Waals surface area contributed by atoms with E-state index in [0.29, 0.717) is 0 Å². The number of hydrazine groups is 1. The molecular weight excluding hydrogens is 308 g/mol. The zero-order valence-electron chi connectivity index (χ0n) is 9.17. The highest BCUT2D eigenvalue weighted by Crippen LogP contribution is 2.22. The van der Waals surface area contributed by atoms with Crippen molar-refractivity contribution in [1.29, 1.82) is 0 Å². The Morgan fingerprint density at radius 3 is 2.88 bits per heavy atom. The molecule has 5 heteroatoms. The maximum Gasteiger partial charge on any atom is 0.0449 e. The summed E-state index contributed by atoms with van der Waals surface area (Å²) in [6.07, 6.45) is 0.857. The SMILES string of the molecule is CCSCC(Cc1ccc(Br)cc1Cl)NN. The van der Waals surface area contributed by atoms with E-state index in [4.69, 9.17) is 17.4 Å². The Bertz CT molecular complexity index is 336. The summed E-state index contributed by atoms with van der Waals surface area (Å²) in [5, 5.41) is 0.788. The van der Waals surface area contributed by atoms with Gasteiger partial charge in [-0.1, -0.05) is 40.5 Å². The van der Waals surface area contributed by atoms with E-state index in [1.54, 1.807) is 0 Å². The molecule has 3 N–H and O–H groups in total. The number of hydrogen-bond donors (Lipinski definition) is 2. The van der Waals surface area contributed by atoms with Crippen LogP contribution in [0.5, 0.6) is 0 Å². The van der Waals surface area contributed by atoms with Crippen LogP contribution in [0, 0.1) is 0 Å². The Balaban J connectivity index is 2.62. The van der Waals surface area contributed by atoms with Crippen molar-refractivity contribution in [3.8, 4) is 0 Å². The van der Waals surface area contributed by atoms with Crippen molar-refractivity contribution < 1.29 is 0 Å². The van der Waals surface area contributed by atoms with Crippen molar-refractivity contribution >= 4 is 39.3 Å². The number of hydrogen-bond acceptors (Lipinski definition) is 3. The van der Waals surface area contributed by atoms with Gasteiger partial charge in [-0.25, -0.2) is 0 Å². The number of thioether (sulfide) groups is 1. The molecule has 0 aliphatic carbocycles. The Morgan fingerprint density at radius 2 is 2.31 bits per heavy atom. The lowest BCUT2D eigenvalue weighted by molar-refractivity contribution is 0.575. The minimum atomic E-state index is 0.267. The maximum atomic E-state index is 6.16. The highest BCUT2D eigenvalue weighted by molar-refractivity contribution is 9.10. The van der Waals surface area contributed by atoms with Crippen molar-refractivity contribution in [2.75, 3.05) is 11.5 Å². The Labute approximate surface area is 114 Å². The summed E-state index contributed by atoms with van der Waals surface area (Å²) in [4.78, 5) is 0. The smallest absolute Gasteiger partial charge is 0.0449 e. The second kappa shape index (κ2) is 7.56. The Kier molecular flexibility index (Phi) is 6.77. The first-order chi connectivity index (χ1) is 7.67. The lowest BCUT2D eigenvalue weighted by atomic mass is 10.1. The van der Waals surface area contributed by atoms with Gasteiger partial charge in [0.1, 0.15) is 0 Å². The van der Waals surface area contributed by atoms with Crippen LogP contribution in [-0.4, -0.2) is 17.5 Å². The van der Waals surface area contributed by atoms with Crippen LogP contribution in [0.15, 0.2) is 22.7 Å². The molecular formula is C11H16BrClN2S. The molecule has 0 spiro atoms. The lowest BCUT2D eigenvalue weighted by Crippen LogP contribution is -2.38. The predicted octanol–water partition coefficient (Wildman–Crippen LogP) is 3.23. The number of rotatable bonds is 6. The van der Waals surface area contributed by atoms with Crippen LogP contribution in [0.4, 0.5) is 0 Å². The van der Waals surface area contributed by atoms with Crippen LogP contribution in [-0.2, 0) is 6.42 Å². The Morgan fingerprint density at radius 1 is 1.56 bits per heavy atom. The van der Waals surface area contributed by atoms with Crippen LogP contribution in [0.3, 0.4) is 0 Å². The van der Waals surface area contributed by atoms with E-state index in [-0.39, 0.29) is 6.04 Å². The van der Waals surface area contributed by atoms with Gasteiger partial charge in [-0.3, -0.25) is 11.3 Å². The summed E-state index contributed by atoms with van der Waals surface area (Å²) < 4.78 is 1.00. The van der Waals surface area contributed by atoms with Gasteiger partial charge in [-0.2, -0.15) is 11.8 Å². The van der Waals surface area contributed by atoms with Gasteiger partial charge in [0.2, 0.25) is 0 Å².